The molecule has 1 aliphatic rings. The smallest absolute Gasteiger partial charge is 0.307 e. The molecule has 94 valence electrons. The van der Waals surface area contributed by atoms with Gasteiger partial charge in [-0.15, -0.1) is 0 Å². The van der Waals surface area contributed by atoms with Gasteiger partial charge in [0.1, 0.15) is 0 Å². The minimum Gasteiger partial charge on any atom is -0.481 e. The number of carbonyl (C=O) groups excluding carboxylic acids is 2. The van der Waals surface area contributed by atoms with Crippen LogP contribution in [-0.4, -0.2) is 29.4 Å². The van der Waals surface area contributed by atoms with Crippen LogP contribution in [-0.2, 0) is 14.4 Å². The molecule has 0 bridgehead atoms. The van der Waals surface area contributed by atoms with Crippen LogP contribution in [0, 0.1) is 11.8 Å². The largest absolute Gasteiger partial charge is 0.481 e. The zero-order valence-corrected chi connectivity index (χ0v) is 9.39. The number of amides is 2. The summed E-state index contributed by atoms with van der Waals surface area (Å²) in [7, 11) is 0. The molecule has 0 heterocycles. The van der Waals surface area contributed by atoms with E-state index in [0.717, 1.165) is 0 Å². The van der Waals surface area contributed by atoms with Crippen molar-refractivity contribution in [1.82, 2.24) is 5.32 Å². The minimum absolute atomic E-state index is 0.0615. The number of aliphatic carboxylic acids is 1. The summed E-state index contributed by atoms with van der Waals surface area (Å²) < 4.78 is 0. The summed E-state index contributed by atoms with van der Waals surface area (Å²) in [6.45, 7) is 0.153. The van der Waals surface area contributed by atoms with E-state index in [-0.39, 0.29) is 18.9 Å². The molecule has 1 rings (SSSR count). The Morgan fingerprint density at radius 2 is 1.82 bits per heavy atom. The van der Waals surface area contributed by atoms with Gasteiger partial charge in [-0.1, -0.05) is 12.2 Å². The van der Waals surface area contributed by atoms with Crippen molar-refractivity contribution < 1.29 is 19.5 Å². The van der Waals surface area contributed by atoms with E-state index in [4.69, 9.17) is 10.8 Å². The third-order valence-corrected chi connectivity index (χ3v) is 2.76. The van der Waals surface area contributed by atoms with Crippen LogP contribution in [0.4, 0.5) is 0 Å². The van der Waals surface area contributed by atoms with Gasteiger partial charge in [0.2, 0.25) is 11.8 Å². The number of carboxylic acid groups (broad SMARTS) is 1. The Hall–Kier alpha value is -1.85. The Bertz CT molecular complexity index is 351. The normalized spacial score (nSPS) is 23.1. The van der Waals surface area contributed by atoms with Crippen LogP contribution in [0.1, 0.15) is 19.3 Å². The van der Waals surface area contributed by atoms with Crippen LogP contribution < -0.4 is 11.1 Å². The highest BCUT2D eigenvalue weighted by atomic mass is 16.4. The molecule has 0 saturated heterocycles. The van der Waals surface area contributed by atoms with E-state index < -0.39 is 23.7 Å². The van der Waals surface area contributed by atoms with Crippen molar-refractivity contribution in [3.8, 4) is 0 Å². The Morgan fingerprint density at radius 1 is 1.24 bits per heavy atom. The number of primary amides is 1. The van der Waals surface area contributed by atoms with Crippen molar-refractivity contribution in [2.45, 2.75) is 19.3 Å². The molecule has 4 N–H and O–H groups in total. The average molecular weight is 240 g/mol. The molecular weight excluding hydrogens is 224 g/mol. The summed E-state index contributed by atoms with van der Waals surface area (Å²) >= 11 is 0. The predicted octanol–water partition coefficient (Wildman–Crippen LogP) is -0.355. The van der Waals surface area contributed by atoms with Crippen LogP contribution in [0.15, 0.2) is 12.2 Å². The highest BCUT2D eigenvalue weighted by Crippen LogP contribution is 2.25. The molecule has 6 nitrogen and oxygen atoms in total. The summed E-state index contributed by atoms with van der Waals surface area (Å²) in [5, 5.41) is 11.5. The maximum atomic E-state index is 11.7. The molecule has 2 amide bonds. The quantitative estimate of drug-likeness (QED) is 0.570. The van der Waals surface area contributed by atoms with E-state index in [1.807, 2.05) is 0 Å². The second-order valence-corrected chi connectivity index (χ2v) is 4.00. The van der Waals surface area contributed by atoms with Crippen LogP contribution in [0.5, 0.6) is 0 Å². The number of rotatable bonds is 5. The van der Waals surface area contributed by atoms with Gasteiger partial charge in [0.05, 0.1) is 11.8 Å². The number of hydrogen-bond acceptors (Lipinski definition) is 3. The molecule has 6 heteroatoms. The second-order valence-electron chi connectivity index (χ2n) is 4.00. The predicted molar refractivity (Wildman–Crippen MR) is 59.8 cm³/mol. The fourth-order valence-corrected chi connectivity index (χ4v) is 1.82. The molecule has 0 aromatic heterocycles. The lowest BCUT2D eigenvalue weighted by atomic mass is 9.82. The minimum atomic E-state index is -0.968. The summed E-state index contributed by atoms with van der Waals surface area (Å²) in [4.78, 5) is 33.2. The molecule has 17 heavy (non-hydrogen) atoms. The third kappa shape index (κ3) is 3.90. The Kier molecular flexibility index (Phi) is 4.68. The van der Waals surface area contributed by atoms with Gasteiger partial charge in [-0.2, -0.15) is 0 Å². The zero-order valence-electron chi connectivity index (χ0n) is 9.39. The van der Waals surface area contributed by atoms with Gasteiger partial charge in [-0.3, -0.25) is 14.4 Å². The van der Waals surface area contributed by atoms with E-state index in [1.54, 1.807) is 12.2 Å². The maximum Gasteiger partial charge on any atom is 0.307 e. The number of nitrogens with one attached hydrogen (secondary N) is 1. The number of allylic oxidation sites excluding steroid dienone is 2. The molecule has 2 atom stereocenters. The van der Waals surface area contributed by atoms with Gasteiger partial charge in [-0.25, -0.2) is 0 Å². The van der Waals surface area contributed by atoms with Gasteiger partial charge < -0.3 is 16.2 Å². The number of carboxylic acids is 1. The third-order valence-electron chi connectivity index (χ3n) is 2.76. The molecule has 0 radical (unpaired) electrons. The maximum absolute atomic E-state index is 11.7. The van der Waals surface area contributed by atoms with Crippen molar-refractivity contribution in [2.24, 2.45) is 17.6 Å². The lowest BCUT2D eigenvalue weighted by Gasteiger charge is -2.24. The first-order valence-electron chi connectivity index (χ1n) is 5.46. The fourth-order valence-electron chi connectivity index (χ4n) is 1.82. The summed E-state index contributed by atoms with van der Waals surface area (Å²) in [6.07, 6.45) is 4.42. The number of carbonyl (C=O) groups is 3. The van der Waals surface area contributed by atoms with E-state index in [0.29, 0.717) is 12.8 Å². The SMILES string of the molecule is NC(=O)CCNC(=O)[C@@H]1CC=CC[C@@H]1C(=O)O. The van der Waals surface area contributed by atoms with Crippen LogP contribution >= 0.6 is 0 Å². The summed E-state index contributed by atoms with van der Waals surface area (Å²) in [5.41, 5.74) is 4.94. The molecule has 0 spiro atoms. The van der Waals surface area contributed by atoms with Crippen LogP contribution in [0.25, 0.3) is 0 Å². The van der Waals surface area contributed by atoms with Crippen LogP contribution in [0.3, 0.4) is 0 Å². The Labute approximate surface area is 98.9 Å². The standard InChI is InChI=1S/C11H16N2O4/c12-9(14)5-6-13-10(15)7-3-1-2-4-8(7)11(16)17/h1-2,7-8H,3-6H2,(H2,12,14)(H,13,15)(H,16,17)/t7-,8+/m1/s1. The fraction of sp³-hybridized carbons (Fsp3) is 0.545. The highest BCUT2D eigenvalue weighted by Gasteiger charge is 2.33. The van der Waals surface area contributed by atoms with Crippen molar-refractivity contribution in [2.75, 3.05) is 6.54 Å². The molecule has 0 aromatic carbocycles. The van der Waals surface area contributed by atoms with Crippen LogP contribution in [0.2, 0.25) is 0 Å². The molecule has 0 unspecified atom stereocenters. The van der Waals surface area contributed by atoms with Gasteiger partial charge >= 0.3 is 5.97 Å². The molecule has 1 aliphatic carbocycles. The van der Waals surface area contributed by atoms with E-state index in [9.17, 15) is 14.4 Å². The first kappa shape index (κ1) is 13.2. The summed E-state index contributed by atoms with van der Waals surface area (Å²) in [5.74, 6) is -3.05. The molecule has 0 aliphatic heterocycles. The molecule has 0 fully saturated rings. The number of hydrogen-bond donors (Lipinski definition) is 3. The monoisotopic (exact) mass is 240 g/mol. The van der Waals surface area contributed by atoms with Gasteiger partial charge in [-0.05, 0) is 12.8 Å². The molecule has 0 aromatic rings. The van der Waals surface area contributed by atoms with Gasteiger partial charge in [0.15, 0.2) is 0 Å². The lowest BCUT2D eigenvalue weighted by molar-refractivity contribution is -0.147. The summed E-state index contributed by atoms with van der Waals surface area (Å²) in [6, 6.07) is 0. The van der Waals surface area contributed by atoms with Crippen molar-refractivity contribution >= 4 is 17.8 Å². The van der Waals surface area contributed by atoms with Gasteiger partial charge in [0, 0.05) is 13.0 Å². The zero-order chi connectivity index (χ0) is 12.8. The van der Waals surface area contributed by atoms with E-state index in [2.05, 4.69) is 5.32 Å². The highest BCUT2D eigenvalue weighted by molar-refractivity contribution is 5.85. The van der Waals surface area contributed by atoms with E-state index >= 15 is 0 Å². The molecular formula is C11H16N2O4. The van der Waals surface area contributed by atoms with E-state index in [1.165, 1.54) is 0 Å². The second kappa shape index (κ2) is 6.03. The first-order valence-corrected chi connectivity index (χ1v) is 5.46. The average Bonchev–Trinajstić information content (AvgIpc) is 2.28. The Morgan fingerprint density at radius 3 is 2.35 bits per heavy atom. The topological polar surface area (TPSA) is 109 Å². The first-order chi connectivity index (χ1) is 8.02. The lowest BCUT2D eigenvalue weighted by Crippen LogP contribution is -2.39. The van der Waals surface area contributed by atoms with Crippen molar-refractivity contribution in [3.63, 3.8) is 0 Å². The molecule has 0 saturated carbocycles. The van der Waals surface area contributed by atoms with Gasteiger partial charge in [0.25, 0.3) is 0 Å². The Balaban J connectivity index is 2.51. The number of nitrogens with two attached hydrogens (primary N) is 1. The van der Waals surface area contributed by atoms with Crippen molar-refractivity contribution in [1.29, 1.82) is 0 Å². The van der Waals surface area contributed by atoms with Crippen molar-refractivity contribution in [3.05, 3.63) is 12.2 Å².